The Morgan fingerprint density at radius 2 is 1.75 bits per heavy atom. The van der Waals surface area contributed by atoms with E-state index in [2.05, 4.69) is 0 Å². The van der Waals surface area contributed by atoms with Crippen molar-refractivity contribution >= 4 is 52.1 Å². The Labute approximate surface area is 146 Å². The van der Waals surface area contributed by atoms with Gasteiger partial charge in [-0.25, -0.2) is 0 Å². The Morgan fingerprint density at radius 1 is 1.12 bits per heavy atom. The van der Waals surface area contributed by atoms with Crippen LogP contribution in [-0.2, 0) is 14.4 Å². The summed E-state index contributed by atoms with van der Waals surface area (Å²) in [6.45, 7) is 0. The van der Waals surface area contributed by atoms with Crippen molar-refractivity contribution in [1.82, 2.24) is 10.0 Å². The van der Waals surface area contributed by atoms with Crippen LogP contribution < -0.4 is 0 Å². The molecular weight excluding hydrogens is 346 g/mol. The quantitative estimate of drug-likeness (QED) is 0.456. The minimum atomic E-state index is -0.475. The van der Waals surface area contributed by atoms with E-state index < -0.39 is 5.91 Å². The van der Waals surface area contributed by atoms with Gasteiger partial charge >= 0.3 is 0 Å². The molecule has 0 aromatic heterocycles. The predicted octanol–water partition coefficient (Wildman–Crippen LogP) is 1.68. The highest BCUT2D eigenvalue weighted by atomic mass is 32.2. The van der Waals surface area contributed by atoms with Crippen LogP contribution in [0.1, 0.15) is 17.5 Å². The van der Waals surface area contributed by atoms with Gasteiger partial charge in [0.25, 0.3) is 17.7 Å². The predicted molar refractivity (Wildman–Crippen MR) is 89.6 cm³/mol. The van der Waals surface area contributed by atoms with Crippen molar-refractivity contribution in [1.29, 1.82) is 5.26 Å². The fraction of sp³-hybridized carbons (Fsp3) is 0.188. The normalized spacial score (nSPS) is 27.0. The van der Waals surface area contributed by atoms with Gasteiger partial charge in [-0.3, -0.25) is 14.4 Å². The van der Waals surface area contributed by atoms with Crippen LogP contribution in [0, 0.1) is 23.2 Å². The first kappa shape index (κ1) is 15.1. The SMILES string of the molecule is N#Cc1ccc(/C=C2\SC(=S)N(N3C(=O)C4CC4C3=O)C2=O)cc1. The Balaban J connectivity index is 1.61. The van der Waals surface area contributed by atoms with Crippen LogP contribution in [0.4, 0.5) is 0 Å². The molecule has 0 radical (unpaired) electrons. The summed E-state index contributed by atoms with van der Waals surface area (Å²) in [7, 11) is 0. The van der Waals surface area contributed by atoms with E-state index in [1.54, 1.807) is 30.3 Å². The van der Waals surface area contributed by atoms with E-state index in [1.807, 2.05) is 6.07 Å². The molecule has 2 atom stereocenters. The third-order valence-corrected chi connectivity index (χ3v) is 5.44. The average molecular weight is 355 g/mol. The molecule has 1 saturated carbocycles. The van der Waals surface area contributed by atoms with Crippen LogP contribution in [0.2, 0.25) is 0 Å². The van der Waals surface area contributed by atoms with Crippen LogP contribution in [-0.4, -0.2) is 32.1 Å². The molecular formula is C16H9N3O3S2. The first-order valence-electron chi connectivity index (χ1n) is 7.17. The van der Waals surface area contributed by atoms with Gasteiger partial charge in [-0.15, -0.1) is 0 Å². The minimum absolute atomic E-state index is 0.169. The van der Waals surface area contributed by atoms with Gasteiger partial charge in [0, 0.05) is 0 Å². The van der Waals surface area contributed by atoms with Crippen molar-refractivity contribution in [3.05, 3.63) is 40.3 Å². The average Bonchev–Trinajstić information content (AvgIpc) is 3.28. The van der Waals surface area contributed by atoms with E-state index in [-0.39, 0.29) is 28.0 Å². The number of thioether (sulfide) groups is 1. The summed E-state index contributed by atoms with van der Waals surface area (Å²) in [5, 5.41) is 10.7. The van der Waals surface area contributed by atoms with Crippen LogP contribution in [0.5, 0.6) is 0 Å². The van der Waals surface area contributed by atoms with E-state index in [9.17, 15) is 14.4 Å². The number of rotatable bonds is 2. The van der Waals surface area contributed by atoms with Gasteiger partial charge in [0.1, 0.15) is 0 Å². The second-order valence-corrected chi connectivity index (χ2v) is 7.34. The molecule has 2 saturated heterocycles. The van der Waals surface area contributed by atoms with Crippen LogP contribution >= 0.6 is 24.0 Å². The summed E-state index contributed by atoms with van der Waals surface area (Å²) >= 11 is 6.24. The van der Waals surface area contributed by atoms with Crippen molar-refractivity contribution in [3.63, 3.8) is 0 Å². The second-order valence-electron chi connectivity index (χ2n) is 5.66. The van der Waals surface area contributed by atoms with Crippen molar-refractivity contribution < 1.29 is 14.4 Å². The molecule has 0 bridgehead atoms. The second kappa shape index (κ2) is 5.26. The van der Waals surface area contributed by atoms with Gasteiger partial charge in [0.2, 0.25) is 0 Å². The number of piperidine rings is 1. The molecule has 6 nitrogen and oxygen atoms in total. The molecule has 3 amide bonds. The first-order chi connectivity index (χ1) is 11.5. The van der Waals surface area contributed by atoms with Crippen LogP contribution in [0.15, 0.2) is 29.2 Å². The van der Waals surface area contributed by atoms with Crippen LogP contribution in [0.25, 0.3) is 6.08 Å². The summed E-state index contributed by atoms with van der Waals surface area (Å²) in [5.41, 5.74) is 1.25. The Hall–Kier alpha value is -2.50. The number of amides is 3. The first-order valence-corrected chi connectivity index (χ1v) is 8.39. The van der Waals surface area contributed by atoms with E-state index in [1.165, 1.54) is 0 Å². The summed E-state index contributed by atoms with van der Waals surface area (Å²) in [5.74, 6) is -1.74. The number of carbonyl (C=O) groups excluding carboxylic acids is 3. The van der Waals surface area contributed by atoms with Gasteiger partial charge in [0.05, 0.1) is 28.4 Å². The number of nitrogens with zero attached hydrogens (tertiary/aromatic N) is 3. The molecule has 118 valence electrons. The lowest BCUT2D eigenvalue weighted by molar-refractivity contribution is -0.160. The number of fused-ring (bicyclic) bond motifs is 1. The van der Waals surface area contributed by atoms with Crippen molar-refractivity contribution in [2.24, 2.45) is 11.8 Å². The molecule has 1 aromatic rings. The lowest BCUT2D eigenvalue weighted by Gasteiger charge is -2.25. The fourth-order valence-corrected chi connectivity index (χ4v) is 4.04. The largest absolute Gasteiger partial charge is 0.285 e. The zero-order chi connectivity index (χ0) is 17.0. The number of hydrogen-bond acceptors (Lipinski definition) is 6. The van der Waals surface area contributed by atoms with E-state index in [4.69, 9.17) is 17.5 Å². The van der Waals surface area contributed by atoms with Crippen molar-refractivity contribution in [3.8, 4) is 6.07 Å². The fourth-order valence-electron chi connectivity index (χ4n) is 2.80. The Kier molecular flexibility index (Phi) is 3.30. The van der Waals surface area contributed by atoms with E-state index >= 15 is 0 Å². The minimum Gasteiger partial charge on any atom is -0.272 e. The highest BCUT2D eigenvalue weighted by molar-refractivity contribution is 8.26. The molecule has 0 N–H and O–H groups in total. The van der Waals surface area contributed by atoms with Gasteiger partial charge in [-0.1, -0.05) is 23.9 Å². The monoisotopic (exact) mass is 355 g/mol. The number of benzene rings is 1. The van der Waals surface area contributed by atoms with Crippen LogP contribution in [0.3, 0.4) is 0 Å². The highest BCUT2D eigenvalue weighted by Crippen LogP contribution is 2.49. The lowest BCUT2D eigenvalue weighted by atomic mass is 10.1. The third-order valence-electron chi connectivity index (χ3n) is 4.15. The third kappa shape index (κ3) is 2.17. The van der Waals surface area contributed by atoms with Crippen molar-refractivity contribution in [2.45, 2.75) is 6.42 Å². The highest BCUT2D eigenvalue weighted by Gasteiger charge is 2.62. The van der Waals surface area contributed by atoms with Gasteiger partial charge in [-0.05, 0) is 42.4 Å². The molecule has 1 aromatic carbocycles. The maximum atomic E-state index is 12.6. The number of imide groups is 1. The maximum Gasteiger partial charge on any atom is 0.285 e. The number of thiocarbonyl (C=S) groups is 1. The van der Waals surface area contributed by atoms with Crippen molar-refractivity contribution in [2.75, 3.05) is 0 Å². The molecule has 8 heteroatoms. The smallest absolute Gasteiger partial charge is 0.272 e. The zero-order valence-corrected chi connectivity index (χ0v) is 13.8. The van der Waals surface area contributed by atoms with Gasteiger partial charge < -0.3 is 0 Å². The number of nitriles is 1. The molecule has 0 spiro atoms. The standard InChI is InChI=1S/C16H9N3O3S2/c17-7-9-3-1-8(2-4-9)5-12-15(22)19(16(23)24-12)18-13(20)10-6-11(10)14(18)21/h1-5,10-11H,6H2/b12-5-. The Morgan fingerprint density at radius 3 is 2.33 bits per heavy atom. The van der Waals surface area contributed by atoms with E-state index in [0.717, 1.165) is 27.3 Å². The molecule has 2 unspecified atom stereocenters. The summed E-state index contributed by atoms with van der Waals surface area (Å²) in [4.78, 5) is 37.3. The molecule has 3 fully saturated rings. The zero-order valence-electron chi connectivity index (χ0n) is 12.1. The summed E-state index contributed by atoms with van der Waals surface area (Å²) < 4.78 is 0.169. The summed E-state index contributed by atoms with van der Waals surface area (Å²) in [6.07, 6.45) is 2.20. The number of carbonyl (C=O) groups is 3. The maximum absolute atomic E-state index is 12.6. The molecule has 24 heavy (non-hydrogen) atoms. The molecule has 4 rings (SSSR count). The Bertz CT molecular complexity index is 865. The number of hydrogen-bond donors (Lipinski definition) is 0. The molecule has 3 aliphatic rings. The number of hydrazine groups is 1. The lowest BCUT2D eigenvalue weighted by Crippen LogP contribution is -2.50. The summed E-state index contributed by atoms with van der Waals surface area (Å²) in [6, 6.07) is 8.74. The van der Waals surface area contributed by atoms with Gasteiger partial charge in [-0.2, -0.15) is 15.3 Å². The van der Waals surface area contributed by atoms with E-state index in [0.29, 0.717) is 16.9 Å². The van der Waals surface area contributed by atoms with Gasteiger partial charge in [0.15, 0.2) is 4.32 Å². The molecule has 2 aliphatic heterocycles. The molecule has 1 aliphatic carbocycles. The topological polar surface area (TPSA) is 81.5 Å². The molecule has 2 heterocycles.